The van der Waals surface area contributed by atoms with E-state index in [-0.39, 0.29) is 11.0 Å². The molecular weight excluding hydrogens is 214 g/mol. The van der Waals surface area contributed by atoms with Gasteiger partial charge in [-0.3, -0.25) is 4.79 Å². The molecule has 0 aliphatic heterocycles. The lowest BCUT2D eigenvalue weighted by Gasteiger charge is -2.07. The summed E-state index contributed by atoms with van der Waals surface area (Å²) in [6, 6.07) is 1.66. The van der Waals surface area contributed by atoms with E-state index in [1.165, 1.54) is 0 Å². The summed E-state index contributed by atoms with van der Waals surface area (Å²) in [5.41, 5.74) is 0.567. The van der Waals surface area contributed by atoms with E-state index < -0.39 is 9.84 Å². The molecule has 1 heterocycles. The average Bonchev–Trinajstić information content (AvgIpc) is 2.62. The molecule has 15 heavy (non-hydrogen) atoms. The van der Waals surface area contributed by atoms with Crippen LogP contribution in [0.5, 0.6) is 0 Å². The van der Waals surface area contributed by atoms with Crippen LogP contribution in [-0.2, 0) is 16.4 Å². The van der Waals surface area contributed by atoms with Crippen LogP contribution in [0.15, 0.2) is 18.5 Å². The summed E-state index contributed by atoms with van der Waals surface area (Å²) in [7, 11) is -3.00. The molecule has 4 nitrogen and oxygen atoms in total. The molecule has 0 aliphatic carbocycles. The topological polar surface area (TPSA) is 56.1 Å². The first-order chi connectivity index (χ1) is 6.95. The van der Waals surface area contributed by atoms with Gasteiger partial charge in [-0.05, 0) is 19.9 Å². The molecule has 0 unspecified atom stereocenters. The number of aldehydes is 1. The van der Waals surface area contributed by atoms with Gasteiger partial charge in [0.05, 0.1) is 11.0 Å². The zero-order chi connectivity index (χ0) is 11.5. The Bertz CT molecular complexity index is 431. The molecule has 84 valence electrons. The summed E-state index contributed by atoms with van der Waals surface area (Å²) in [4.78, 5) is 10.4. The lowest BCUT2D eigenvalue weighted by Crippen LogP contribution is -2.20. The molecule has 0 saturated carbocycles. The second kappa shape index (κ2) is 4.61. The molecule has 0 N–H and O–H groups in total. The van der Waals surface area contributed by atoms with E-state index in [0.29, 0.717) is 12.1 Å². The van der Waals surface area contributed by atoms with Crippen LogP contribution in [0.2, 0.25) is 0 Å². The first kappa shape index (κ1) is 12.0. The van der Waals surface area contributed by atoms with Crippen molar-refractivity contribution in [1.29, 1.82) is 0 Å². The number of rotatable bonds is 5. The number of carbonyl (C=O) groups is 1. The maximum atomic E-state index is 11.5. The van der Waals surface area contributed by atoms with E-state index in [2.05, 4.69) is 0 Å². The molecule has 0 aliphatic rings. The number of sulfone groups is 1. The Hall–Kier alpha value is -1.10. The highest BCUT2D eigenvalue weighted by Gasteiger charge is 2.15. The van der Waals surface area contributed by atoms with Gasteiger partial charge in [0.1, 0.15) is 0 Å². The van der Waals surface area contributed by atoms with Gasteiger partial charge in [0.15, 0.2) is 16.1 Å². The summed E-state index contributed by atoms with van der Waals surface area (Å²) in [6.07, 6.45) is 4.09. The third kappa shape index (κ3) is 3.20. The van der Waals surface area contributed by atoms with Gasteiger partial charge in [-0.15, -0.1) is 0 Å². The van der Waals surface area contributed by atoms with Crippen molar-refractivity contribution in [2.24, 2.45) is 0 Å². The van der Waals surface area contributed by atoms with E-state index in [9.17, 15) is 13.2 Å². The lowest BCUT2D eigenvalue weighted by molar-refractivity contribution is 0.112. The van der Waals surface area contributed by atoms with Gasteiger partial charge in [0.25, 0.3) is 0 Å². The molecule has 0 bridgehead atoms. The van der Waals surface area contributed by atoms with Gasteiger partial charge in [0.2, 0.25) is 0 Å². The number of carbonyl (C=O) groups excluding carboxylic acids is 1. The van der Waals surface area contributed by atoms with Gasteiger partial charge in [0, 0.05) is 24.5 Å². The third-order valence-electron chi connectivity index (χ3n) is 2.26. The molecule has 0 saturated heterocycles. The minimum absolute atomic E-state index is 0.109. The average molecular weight is 229 g/mol. The van der Waals surface area contributed by atoms with E-state index in [0.717, 1.165) is 6.29 Å². The Balaban J connectivity index is 2.61. The molecule has 0 radical (unpaired) electrons. The SMILES string of the molecule is CC(C)S(=O)(=O)CCn1ccc(C=O)c1. The van der Waals surface area contributed by atoms with Crippen LogP contribution in [-0.4, -0.2) is 30.3 Å². The summed E-state index contributed by atoms with van der Waals surface area (Å²) >= 11 is 0. The summed E-state index contributed by atoms with van der Waals surface area (Å²) in [6.45, 7) is 3.73. The Morgan fingerprint density at radius 3 is 2.60 bits per heavy atom. The van der Waals surface area contributed by atoms with Crippen molar-refractivity contribution in [2.45, 2.75) is 25.6 Å². The smallest absolute Gasteiger partial charge is 0.154 e. The van der Waals surface area contributed by atoms with Gasteiger partial charge >= 0.3 is 0 Å². The van der Waals surface area contributed by atoms with Crippen molar-refractivity contribution >= 4 is 16.1 Å². The molecule has 1 aromatic rings. The molecule has 0 amide bonds. The van der Waals surface area contributed by atoms with E-state index in [1.54, 1.807) is 36.9 Å². The van der Waals surface area contributed by atoms with Crippen LogP contribution in [0.25, 0.3) is 0 Å². The normalized spacial score (nSPS) is 11.9. The molecule has 0 fully saturated rings. The van der Waals surface area contributed by atoms with Crippen LogP contribution >= 0.6 is 0 Å². The fourth-order valence-electron chi connectivity index (χ4n) is 1.14. The fraction of sp³-hybridized carbons (Fsp3) is 0.500. The van der Waals surface area contributed by atoms with Crippen molar-refractivity contribution in [3.8, 4) is 0 Å². The van der Waals surface area contributed by atoms with Crippen molar-refractivity contribution < 1.29 is 13.2 Å². The predicted octanol–water partition coefficient (Wildman–Crippen LogP) is 1.12. The molecule has 0 aromatic carbocycles. The summed E-state index contributed by atoms with van der Waals surface area (Å²) in [5, 5.41) is -0.349. The number of hydrogen-bond acceptors (Lipinski definition) is 3. The van der Waals surface area contributed by atoms with Crippen LogP contribution in [0.4, 0.5) is 0 Å². The quantitative estimate of drug-likeness (QED) is 0.711. The Morgan fingerprint density at radius 1 is 1.47 bits per heavy atom. The zero-order valence-electron chi connectivity index (χ0n) is 8.88. The number of nitrogens with zero attached hydrogens (tertiary/aromatic N) is 1. The fourth-order valence-corrected chi connectivity index (χ4v) is 2.07. The van der Waals surface area contributed by atoms with Crippen molar-refractivity contribution in [2.75, 3.05) is 5.75 Å². The zero-order valence-corrected chi connectivity index (χ0v) is 9.70. The maximum absolute atomic E-state index is 11.5. The summed E-state index contributed by atoms with van der Waals surface area (Å²) in [5.74, 6) is 0.109. The highest BCUT2D eigenvalue weighted by molar-refractivity contribution is 7.91. The Morgan fingerprint density at radius 2 is 2.13 bits per heavy atom. The monoisotopic (exact) mass is 229 g/mol. The third-order valence-corrected chi connectivity index (χ3v) is 4.45. The molecule has 5 heteroatoms. The van der Waals surface area contributed by atoms with Crippen molar-refractivity contribution in [3.05, 3.63) is 24.0 Å². The highest BCUT2D eigenvalue weighted by Crippen LogP contribution is 2.03. The molecule has 1 aromatic heterocycles. The predicted molar refractivity (Wildman–Crippen MR) is 58.7 cm³/mol. The van der Waals surface area contributed by atoms with Crippen LogP contribution in [0, 0.1) is 0 Å². The molecular formula is C10H15NO3S. The van der Waals surface area contributed by atoms with Gasteiger partial charge in [-0.25, -0.2) is 8.42 Å². The van der Waals surface area contributed by atoms with E-state index in [4.69, 9.17) is 0 Å². The maximum Gasteiger partial charge on any atom is 0.154 e. The number of hydrogen-bond donors (Lipinski definition) is 0. The second-order valence-electron chi connectivity index (χ2n) is 3.72. The van der Waals surface area contributed by atoms with Gasteiger partial charge in [-0.2, -0.15) is 0 Å². The highest BCUT2D eigenvalue weighted by atomic mass is 32.2. The standard InChI is InChI=1S/C10H15NO3S/c1-9(2)15(13,14)6-5-11-4-3-10(7-11)8-12/h3-4,7-9H,5-6H2,1-2H3. The molecule has 0 spiro atoms. The van der Waals surface area contributed by atoms with Crippen molar-refractivity contribution in [1.82, 2.24) is 4.57 Å². The second-order valence-corrected chi connectivity index (χ2v) is 6.39. The van der Waals surface area contributed by atoms with Crippen LogP contribution in [0.3, 0.4) is 0 Å². The van der Waals surface area contributed by atoms with Gasteiger partial charge in [-0.1, -0.05) is 0 Å². The first-order valence-corrected chi connectivity index (χ1v) is 6.50. The van der Waals surface area contributed by atoms with Crippen molar-refractivity contribution in [3.63, 3.8) is 0 Å². The molecule has 0 atom stereocenters. The lowest BCUT2D eigenvalue weighted by atomic mass is 10.4. The first-order valence-electron chi connectivity index (χ1n) is 4.78. The van der Waals surface area contributed by atoms with E-state index in [1.807, 2.05) is 0 Å². The Labute approximate surface area is 89.8 Å². The number of aryl methyl sites for hydroxylation is 1. The molecule has 1 rings (SSSR count). The van der Waals surface area contributed by atoms with Crippen LogP contribution in [0.1, 0.15) is 24.2 Å². The Kier molecular flexibility index (Phi) is 3.68. The van der Waals surface area contributed by atoms with Crippen LogP contribution < -0.4 is 0 Å². The van der Waals surface area contributed by atoms with E-state index >= 15 is 0 Å². The van der Waals surface area contributed by atoms with Gasteiger partial charge < -0.3 is 4.57 Å². The summed E-state index contributed by atoms with van der Waals surface area (Å²) < 4.78 is 24.7. The minimum Gasteiger partial charge on any atom is -0.353 e. The largest absolute Gasteiger partial charge is 0.353 e. The number of aromatic nitrogens is 1. The minimum atomic E-state index is -3.00.